The van der Waals surface area contributed by atoms with Crippen LogP contribution in [0, 0.1) is 24.5 Å². The van der Waals surface area contributed by atoms with Crippen LogP contribution in [-0.2, 0) is 0 Å². The number of aromatic nitrogens is 6. The van der Waals surface area contributed by atoms with E-state index in [0.29, 0.717) is 16.9 Å². The van der Waals surface area contributed by atoms with Gasteiger partial charge < -0.3 is 27.4 Å². The number of fused-ring (bicyclic) bond motifs is 18. The van der Waals surface area contributed by atoms with E-state index >= 15 is 0 Å². The molecule has 0 aliphatic carbocycles. The SMILES string of the molecule is N#Cc1cccc(-c2cccc(-n3c4ccccc4c4cc(-c5ccc(-n6c7ccccc7c7ccccc76)cc5)ccc43)c2)c1.[C-]#[N+]c1cccc(-c2ccc(-n3c4ccccc4c4cc(-c5ccc(-n6c7ccccc7c7ccccc76)cc5)ccc43)cc2)c1.[C-]#[N+]c1cccc(-n2c3ccccc3c3cc(-c4ccc(-n5c6ccccc6c6ccccc65)cc4)ccc32)c1. The molecule has 26 aromatic rings. The lowest BCUT2D eigenvalue weighted by Crippen LogP contribution is -1.94. The third-order valence-electron chi connectivity index (χ3n) is 26.2. The van der Waals surface area contributed by atoms with E-state index in [9.17, 15) is 5.26 Å². The fraction of sp³-hybridized carbons (Fsp3) is 0. The molecule has 0 spiro atoms. The smallest absolute Gasteiger partial charge is 0.189 e. The van der Waals surface area contributed by atoms with Crippen LogP contribution in [0.1, 0.15) is 5.56 Å². The molecule has 0 saturated heterocycles. The third-order valence-corrected chi connectivity index (χ3v) is 26.2. The number of nitrogens with zero attached hydrogens (tertiary/aromatic N) is 9. The summed E-state index contributed by atoms with van der Waals surface area (Å²) in [7, 11) is 0. The molecular formula is C123H77N9. The maximum absolute atomic E-state index is 9.43. The molecule has 0 amide bonds. The molecule has 0 saturated carbocycles. The average molecular weight is 1680 g/mol. The monoisotopic (exact) mass is 1680 g/mol. The van der Waals surface area contributed by atoms with E-state index in [1.807, 2.05) is 54.6 Å². The van der Waals surface area contributed by atoms with Gasteiger partial charge in [-0.05, 0) is 238 Å². The molecule has 0 atom stereocenters. The molecule has 0 aliphatic rings. The van der Waals surface area contributed by atoms with Crippen LogP contribution < -0.4 is 0 Å². The Balaban J connectivity index is 0.000000110. The average Bonchev–Trinajstić information content (AvgIpc) is 1.60. The maximum Gasteiger partial charge on any atom is 0.189 e. The molecule has 132 heavy (non-hydrogen) atoms. The van der Waals surface area contributed by atoms with Crippen molar-refractivity contribution in [2.75, 3.05) is 0 Å². The van der Waals surface area contributed by atoms with Crippen molar-refractivity contribution in [3.05, 3.63) is 496 Å². The first-order valence-corrected chi connectivity index (χ1v) is 44.4. The number of rotatable bonds is 11. The first-order chi connectivity index (χ1) is 65.3. The summed E-state index contributed by atoms with van der Waals surface area (Å²) in [5, 5.41) is 24.4. The third kappa shape index (κ3) is 13.2. The van der Waals surface area contributed by atoms with Crippen LogP contribution in [0.2, 0.25) is 0 Å². The molecule has 0 aliphatic heterocycles. The number of benzene rings is 20. The Labute approximate surface area is 761 Å². The highest BCUT2D eigenvalue weighted by Gasteiger charge is 2.22. The van der Waals surface area contributed by atoms with E-state index in [1.54, 1.807) is 0 Å². The summed E-state index contributed by atoms with van der Waals surface area (Å²) in [6, 6.07) is 167. The summed E-state index contributed by atoms with van der Waals surface area (Å²) in [4.78, 5) is 7.24. The number of nitriles is 1. The maximum atomic E-state index is 9.43. The fourth-order valence-electron chi connectivity index (χ4n) is 20.2. The molecule has 0 fully saturated rings. The number of hydrogen-bond donors (Lipinski definition) is 0. The van der Waals surface area contributed by atoms with E-state index in [-0.39, 0.29) is 0 Å². The van der Waals surface area contributed by atoms with Gasteiger partial charge in [0.05, 0.1) is 91.0 Å². The van der Waals surface area contributed by atoms with Crippen LogP contribution in [0.25, 0.3) is 230 Å². The molecule has 0 N–H and O–H groups in total. The van der Waals surface area contributed by atoms with Crippen LogP contribution in [0.3, 0.4) is 0 Å². The van der Waals surface area contributed by atoms with Crippen LogP contribution in [-0.4, -0.2) is 27.4 Å². The van der Waals surface area contributed by atoms with Crippen molar-refractivity contribution in [3.8, 4) is 95.8 Å². The molecule has 9 nitrogen and oxygen atoms in total. The molecule has 0 unspecified atom stereocenters. The van der Waals surface area contributed by atoms with Crippen molar-refractivity contribution >= 4 is 142 Å². The minimum Gasteiger partial charge on any atom is -0.311 e. The second-order valence-electron chi connectivity index (χ2n) is 33.6. The van der Waals surface area contributed by atoms with Crippen LogP contribution in [0.5, 0.6) is 0 Å². The van der Waals surface area contributed by atoms with E-state index in [1.165, 1.54) is 148 Å². The fourth-order valence-corrected chi connectivity index (χ4v) is 20.2. The first-order valence-electron chi connectivity index (χ1n) is 44.4. The second-order valence-corrected chi connectivity index (χ2v) is 33.6. The van der Waals surface area contributed by atoms with E-state index in [0.717, 1.165) is 72.9 Å². The van der Waals surface area contributed by atoms with Gasteiger partial charge in [0, 0.05) is 98.8 Å². The molecular weight excluding hydrogens is 1600 g/mol. The number of para-hydroxylation sites is 9. The van der Waals surface area contributed by atoms with Gasteiger partial charge in [0.1, 0.15) is 0 Å². The van der Waals surface area contributed by atoms with Gasteiger partial charge in [0.15, 0.2) is 11.4 Å². The predicted octanol–water partition coefficient (Wildman–Crippen LogP) is 33.0. The summed E-state index contributed by atoms with van der Waals surface area (Å²) in [5.41, 5.74) is 34.3. The highest BCUT2D eigenvalue weighted by Crippen LogP contribution is 2.44. The van der Waals surface area contributed by atoms with E-state index < -0.39 is 0 Å². The summed E-state index contributed by atoms with van der Waals surface area (Å²) in [6.45, 7) is 14.8. The molecule has 6 heterocycles. The van der Waals surface area contributed by atoms with Crippen LogP contribution in [0.4, 0.5) is 11.4 Å². The summed E-state index contributed by atoms with van der Waals surface area (Å²) in [6.07, 6.45) is 0. The zero-order valence-corrected chi connectivity index (χ0v) is 71.5. The topological polar surface area (TPSA) is 62.1 Å². The Hall–Kier alpha value is -18.3. The van der Waals surface area contributed by atoms with Gasteiger partial charge in [-0.3, -0.25) is 0 Å². The molecule has 6 aromatic heterocycles. The Morgan fingerprint density at radius 3 is 0.667 bits per heavy atom. The Morgan fingerprint density at radius 1 is 0.159 bits per heavy atom. The van der Waals surface area contributed by atoms with Gasteiger partial charge in [-0.25, -0.2) is 9.69 Å². The summed E-state index contributed by atoms with van der Waals surface area (Å²) < 4.78 is 14.0. The van der Waals surface area contributed by atoms with Gasteiger partial charge in [0.2, 0.25) is 0 Å². The molecule has 0 radical (unpaired) electrons. The highest BCUT2D eigenvalue weighted by molar-refractivity contribution is 6.16. The van der Waals surface area contributed by atoms with Gasteiger partial charge in [-0.15, -0.1) is 0 Å². The Kier molecular flexibility index (Phi) is 18.9. The molecule has 26 rings (SSSR count). The minimum atomic E-state index is 0.642. The van der Waals surface area contributed by atoms with Gasteiger partial charge in [0.25, 0.3) is 0 Å². The summed E-state index contributed by atoms with van der Waals surface area (Å²) in [5.74, 6) is 0. The lowest BCUT2D eigenvalue weighted by Gasteiger charge is -2.11. The zero-order chi connectivity index (χ0) is 87.9. The van der Waals surface area contributed by atoms with Crippen molar-refractivity contribution in [1.82, 2.24) is 27.4 Å². The van der Waals surface area contributed by atoms with E-state index in [4.69, 9.17) is 13.1 Å². The number of hydrogen-bond acceptors (Lipinski definition) is 1. The lowest BCUT2D eigenvalue weighted by atomic mass is 10.0. The standard InChI is InChI=1S/2C43H27N3.C37H23N3/c1-44-33-10-8-9-31(27-33)29-17-22-35(23-18-29)46-42-16-7-4-13-38(42)39-28-32(21-26-43(39)46)30-19-24-34(25-20-30)45-40-14-5-2-11-36(40)37-12-3-6-15-41(37)45;44-28-29-9-7-10-31(25-29)32-11-8-12-35(26-32)46-42-18-6-3-15-38(42)39-27-33(21-24-43(39)46)30-19-22-34(23-20-30)45-40-16-4-1-13-36(40)37-14-2-5-17-41(37)45;1-38-27-9-8-10-29(24-27)40-36-16-7-4-13-32(36)33-23-26(19-22-37(33)40)25-17-20-28(21-18-25)39-34-14-5-2-11-30(34)31-12-3-6-15-35(31)39/h2-28H;1-27H;2-24H. The molecule has 20 aromatic carbocycles. The van der Waals surface area contributed by atoms with E-state index in [2.05, 4.69) is 456 Å². The van der Waals surface area contributed by atoms with Crippen LogP contribution in [0.15, 0.2) is 467 Å². The Bertz CT molecular complexity index is 9090. The summed E-state index contributed by atoms with van der Waals surface area (Å²) >= 11 is 0. The molecule has 614 valence electrons. The zero-order valence-electron chi connectivity index (χ0n) is 71.5. The first kappa shape index (κ1) is 77.3. The normalized spacial score (nSPS) is 11.5. The van der Waals surface area contributed by atoms with Gasteiger partial charge in [-0.1, -0.05) is 285 Å². The second kappa shape index (κ2) is 32.3. The largest absolute Gasteiger partial charge is 0.311 e. The van der Waals surface area contributed by atoms with Crippen molar-refractivity contribution < 1.29 is 0 Å². The lowest BCUT2D eigenvalue weighted by molar-refractivity contribution is 1.18. The van der Waals surface area contributed by atoms with Crippen LogP contribution >= 0.6 is 0 Å². The van der Waals surface area contributed by atoms with Gasteiger partial charge in [-0.2, -0.15) is 5.26 Å². The predicted molar refractivity (Wildman–Crippen MR) is 550 cm³/mol. The molecule has 9 heteroatoms. The van der Waals surface area contributed by atoms with Crippen molar-refractivity contribution in [3.63, 3.8) is 0 Å². The quantitative estimate of drug-likeness (QED) is 0.119. The Morgan fingerprint density at radius 2 is 0.371 bits per heavy atom. The highest BCUT2D eigenvalue weighted by atomic mass is 15.0. The molecule has 0 bridgehead atoms. The van der Waals surface area contributed by atoms with Crippen molar-refractivity contribution in [2.24, 2.45) is 0 Å². The van der Waals surface area contributed by atoms with Gasteiger partial charge >= 0.3 is 0 Å². The minimum absolute atomic E-state index is 0.642. The van der Waals surface area contributed by atoms with Crippen molar-refractivity contribution in [2.45, 2.75) is 0 Å². The van der Waals surface area contributed by atoms with Crippen molar-refractivity contribution in [1.29, 1.82) is 5.26 Å².